The lowest BCUT2D eigenvalue weighted by Gasteiger charge is -2.30. The monoisotopic (exact) mass is 458 g/mol. The summed E-state index contributed by atoms with van der Waals surface area (Å²) < 4.78 is 38.9. The average Bonchev–Trinajstić information content (AvgIpc) is 3.03. The second-order valence-corrected chi connectivity index (χ2v) is 9.52. The third-order valence-corrected chi connectivity index (χ3v) is 7.19. The minimum atomic E-state index is -3.52. The van der Waals surface area contributed by atoms with E-state index in [0.717, 1.165) is 35.8 Å². The van der Waals surface area contributed by atoms with Gasteiger partial charge in [0.15, 0.2) is 11.5 Å². The molecule has 0 bridgehead atoms. The van der Waals surface area contributed by atoms with E-state index in [-0.39, 0.29) is 4.90 Å². The molecule has 2 aromatic heterocycles. The lowest BCUT2D eigenvalue weighted by Crippen LogP contribution is -2.31. The van der Waals surface area contributed by atoms with Crippen molar-refractivity contribution in [3.8, 4) is 11.5 Å². The molecule has 0 fully saturated rings. The number of methoxy groups -OCH3 is 2. The molecule has 10 heteroatoms. The molecular formula is C22H28N5O4S+. The number of ether oxygens (including phenoxy) is 2. The van der Waals surface area contributed by atoms with Gasteiger partial charge in [-0.1, -0.05) is 0 Å². The van der Waals surface area contributed by atoms with E-state index in [1.165, 1.54) is 11.8 Å². The predicted molar refractivity (Wildman–Crippen MR) is 124 cm³/mol. The van der Waals surface area contributed by atoms with Gasteiger partial charge in [0.1, 0.15) is 11.5 Å². The first-order valence-electron chi connectivity index (χ1n) is 10.2. The van der Waals surface area contributed by atoms with Crippen LogP contribution in [0.1, 0.15) is 22.5 Å². The highest BCUT2D eigenvalue weighted by molar-refractivity contribution is 7.99. The van der Waals surface area contributed by atoms with Crippen LogP contribution >= 0.6 is 0 Å². The zero-order valence-electron chi connectivity index (χ0n) is 18.9. The molecule has 0 aliphatic carbocycles. The molecule has 1 unspecified atom stereocenters. The van der Waals surface area contributed by atoms with Crippen molar-refractivity contribution in [3.05, 3.63) is 53.0 Å². The Hall–Kier alpha value is -3.11. The van der Waals surface area contributed by atoms with Crippen LogP contribution in [0.2, 0.25) is 0 Å². The molecule has 9 nitrogen and oxygen atoms in total. The first kappa shape index (κ1) is 22.1. The Kier molecular flexibility index (Phi) is 5.83. The van der Waals surface area contributed by atoms with E-state index in [4.69, 9.17) is 9.47 Å². The summed E-state index contributed by atoms with van der Waals surface area (Å²) in [4.78, 5) is 6.83. The quantitative estimate of drug-likeness (QED) is 0.546. The minimum Gasteiger partial charge on any atom is -0.493 e. The Labute approximate surface area is 188 Å². The number of hydrogen-bond acceptors (Lipinski definition) is 6. The van der Waals surface area contributed by atoms with Crippen LogP contribution in [-0.2, 0) is 34.6 Å². The van der Waals surface area contributed by atoms with Crippen LogP contribution in [0.5, 0.6) is 11.5 Å². The smallest absolute Gasteiger partial charge is 0.347 e. The third-order valence-electron chi connectivity index (χ3n) is 5.83. The number of aryl methyl sites for hydroxylation is 2. The maximum absolute atomic E-state index is 13.0. The summed E-state index contributed by atoms with van der Waals surface area (Å²) in [5.41, 5.74) is 4.37. The van der Waals surface area contributed by atoms with Crippen molar-refractivity contribution >= 4 is 21.9 Å². The second-order valence-electron chi connectivity index (χ2n) is 7.80. The summed E-state index contributed by atoms with van der Waals surface area (Å²) in [5, 5.41) is 4.28. The number of aromatic nitrogens is 3. The Bertz CT molecular complexity index is 1190. The van der Waals surface area contributed by atoms with E-state index in [2.05, 4.69) is 19.7 Å². The van der Waals surface area contributed by atoms with E-state index in [1.807, 2.05) is 19.1 Å². The first-order valence-corrected chi connectivity index (χ1v) is 11.7. The van der Waals surface area contributed by atoms with Crippen LogP contribution in [-0.4, -0.2) is 40.1 Å². The first-order chi connectivity index (χ1) is 15.2. The molecule has 170 valence electrons. The van der Waals surface area contributed by atoms with Gasteiger partial charge in [0.25, 0.3) is 0 Å². The van der Waals surface area contributed by atoms with Crippen LogP contribution in [0.3, 0.4) is 0 Å². The zero-order chi connectivity index (χ0) is 23.0. The molecular weight excluding hydrogens is 430 g/mol. The van der Waals surface area contributed by atoms with Crippen molar-refractivity contribution < 1.29 is 18.2 Å². The predicted octanol–water partition coefficient (Wildman–Crippen LogP) is 3.37. The van der Waals surface area contributed by atoms with E-state index in [9.17, 15) is 8.76 Å². The van der Waals surface area contributed by atoms with Crippen molar-refractivity contribution in [1.82, 2.24) is 14.8 Å². The number of rotatable bonds is 6. The lowest BCUT2D eigenvalue weighted by molar-refractivity contribution is 0.353. The molecule has 0 saturated carbocycles. The minimum absolute atomic E-state index is 0.215. The van der Waals surface area contributed by atoms with Gasteiger partial charge in [-0.15, -0.1) is 0 Å². The van der Waals surface area contributed by atoms with Crippen molar-refractivity contribution in [2.24, 2.45) is 7.05 Å². The molecule has 0 saturated heterocycles. The second kappa shape index (κ2) is 8.44. The average molecular weight is 459 g/mol. The van der Waals surface area contributed by atoms with Crippen molar-refractivity contribution in [1.29, 1.82) is 0 Å². The van der Waals surface area contributed by atoms with Gasteiger partial charge in [-0.3, -0.25) is 4.68 Å². The number of nitrogens with one attached hydrogen (secondary N) is 1. The van der Waals surface area contributed by atoms with E-state index in [0.29, 0.717) is 23.7 Å². The number of fused-ring (bicyclic) bond motifs is 1. The number of benzene rings is 1. The summed E-state index contributed by atoms with van der Waals surface area (Å²) in [6.45, 7) is 5.10. The summed E-state index contributed by atoms with van der Waals surface area (Å²) in [5.74, 6) is 2.17. The fourth-order valence-corrected chi connectivity index (χ4v) is 5.06. The molecule has 2 N–H and O–H groups in total. The Morgan fingerprint density at radius 1 is 1.12 bits per heavy atom. The fraction of sp³-hybridized carbons (Fsp3) is 0.364. The zero-order valence-corrected chi connectivity index (χ0v) is 19.7. The summed E-state index contributed by atoms with van der Waals surface area (Å²) >= 11 is 0. The molecule has 1 aromatic carbocycles. The third kappa shape index (κ3) is 4.03. The van der Waals surface area contributed by atoms with Crippen molar-refractivity contribution in [2.45, 2.75) is 31.7 Å². The number of nitrogens with zero attached hydrogens (tertiary/aromatic N) is 4. The highest BCUT2D eigenvalue weighted by Crippen LogP contribution is 2.34. The highest BCUT2D eigenvalue weighted by Gasteiger charge is 2.33. The van der Waals surface area contributed by atoms with Gasteiger partial charge in [-0.2, -0.15) is 14.4 Å². The van der Waals surface area contributed by atoms with Crippen molar-refractivity contribution in [2.75, 3.05) is 30.4 Å². The SMILES string of the molecule is COc1cc2c(cc1OC)CN(c1ccc([S+](=O)(O)Nc3c(C)nn(C)c3C)cn1)CC2. The maximum atomic E-state index is 13.0. The van der Waals surface area contributed by atoms with E-state index < -0.39 is 10.4 Å². The summed E-state index contributed by atoms with van der Waals surface area (Å²) in [6, 6.07) is 7.44. The Morgan fingerprint density at radius 3 is 2.38 bits per heavy atom. The fourth-order valence-electron chi connectivity index (χ4n) is 3.92. The van der Waals surface area contributed by atoms with Crippen LogP contribution in [0.4, 0.5) is 11.5 Å². The normalized spacial score (nSPS) is 15.1. The van der Waals surface area contributed by atoms with Gasteiger partial charge in [-0.05, 0) is 53.8 Å². The Morgan fingerprint density at radius 2 is 1.81 bits per heavy atom. The topological polar surface area (TPSA) is 102 Å². The Balaban J connectivity index is 1.53. The molecule has 32 heavy (non-hydrogen) atoms. The van der Waals surface area contributed by atoms with Gasteiger partial charge in [-0.25, -0.2) is 4.98 Å². The molecule has 1 aliphatic rings. The van der Waals surface area contributed by atoms with Crippen LogP contribution in [0, 0.1) is 13.8 Å². The largest absolute Gasteiger partial charge is 0.493 e. The summed E-state index contributed by atoms with van der Waals surface area (Å²) in [6.07, 6.45) is 2.30. The van der Waals surface area contributed by atoms with Crippen molar-refractivity contribution in [3.63, 3.8) is 0 Å². The molecule has 3 heterocycles. The standard InChI is InChI=1S/C22H27N5O4S/c1-14-22(15(2)26(3)24-14)25-32(28,29)18-6-7-21(23-12-18)27-9-8-16-10-19(30-4)20(31-5)11-17(16)13-27/h6-7,10-12H,8-9,13H2,1-5H3,(H-,25,28,29)/p+1. The molecule has 0 spiro atoms. The van der Waals surface area contributed by atoms with Crippen LogP contribution in [0.25, 0.3) is 0 Å². The molecule has 0 amide bonds. The maximum Gasteiger partial charge on any atom is 0.347 e. The van der Waals surface area contributed by atoms with Gasteiger partial charge < -0.3 is 14.4 Å². The van der Waals surface area contributed by atoms with Gasteiger partial charge in [0, 0.05) is 26.2 Å². The highest BCUT2D eigenvalue weighted by atomic mass is 32.3. The molecule has 1 aliphatic heterocycles. The van der Waals surface area contributed by atoms with Gasteiger partial charge in [0.2, 0.25) is 4.90 Å². The van der Waals surface area contributed by atoms with E-state index in [1.54, 1.807) is 45.0 Å². The molecule has 0 radical (unpaired) electrons. The summed E-state index contributed by atoms with van der Waals surface area (Å²) in [7, 11) is 1.53. The van der Waals surface area contributed by atoms with Crippen LogP contribution in [0.15, 0.2) is 35.4 Å². The molecule has 1 atom stereocenters. The lowest BCUT2D eigenvalue weighted by atomic mass is 9.99. The van der Waals surface area contributed by atoms with Crippen LogP contribution < -0.4 is 19.1 Å². The molecule has 3 aromatic rings. The molecule has 4 rings (SSSR count). The van der Waals surface area contributed by atoms with Gasteiger partial charge >= 0.3 is 10.4 Å². The number of pyridine rings is 1. The number of hydrogen-bond donors (Lipinski definition) is 2. The number of anilines is 2. The van der Waals surface area contributed by atoms with Gasteiger partial charge in [0.05, 0.1) is 31.8 Å². The van der Waals surface area contributed by atoms with E-state index >= 15 is 0 Å².